The van der Waals surface area contributed by atoms with E-state index in [1.54, 1.807) is 0 Å². The van der Waals surface area contributed by atoms with E-state index in [0.29, 0.717) is 30.7 Å². The number of rotatable bonds is 8. The zero-order valence-electron chi connectivity index (χ0n) is 21.6. The number of likely N-dealkylation sites (N-methyl/N-ethyl adjacent to an activating group) is 1. The molecule has 0 atom stereocenters. The summed E-state index contributed by atoms with van der Waals surface area (Å²) in [6.45, 7) is 8.94. The zero-order valence-corrected chi connectivity index (χ0v) is 21.6. The number of ether oxygens (including phenoxy) is 1. The molecule has 1 saturated heterocycles. The number of carbonyl (C=O) groups is 1. The van der Waals surface area contributed by atoms with Crippen LogP contribution in [0.1, 0.15) is 12.0 Å². The first kappa shape index (κ1) is 25.4. The molecule has 196 valence electrons. The minimum atomic E-state index is -0.262. The van der Waals surface area contributed by atoms with E-state index >= 15 is 0 Å². The predicted octanol–water partition coefficient (Wildman–Crippen LogP) is 4.64. The van der Waals surface area contributed by atoms with Crippen molar-refractivity contribution in [3.05, 3.63) is 79.0 Å². The van der Waals surface area contributed by atoms with Gasteiger partial charge in [-0.15, -0.1) is 0 Å². The molecule has 5 rings (SSSR count). The van der Waals surface area contributed by atoms with E-state index in [4.69, 9.17) is 9.72 Å². The summed E-state index contributed by atoms with van der Waals surface area (Å²) in [5.74, 6) is 0.909. The summed E-state index contributed by atoms with van der Waals surface area (Å²) in [6.07, 6.45) is 5.94. The molecule has 3 heterocycles. The Morgan fingerprint density at radius 3 is 2.55 bits per heavy atom. The summed E-state index contributed by atoms with van der Waals surface area (Å²) in [6, 6.07) is 15.9. The van der Waals surface area contributed by atoms with Crippen molar-refractivity contribution in [2.75, 3.05) is 67.3 Å². The molecule has 0 radical (unpaired) electrons. The maximum Gasteiger partial charge on any atom is 0.247 e. The molecule has 38 heavy (non-hydrogen) atoms. The van der Waals surface area contributed by atoms with Crippen LogP contribution in [0.25, 0.3) is 5.57 Å². The Labute approximate surface area is 223 Å². The lowest BCUT2D eigenvalue weighted by atomic mass is 10.0. The third kappa shape index (κ3) is 6.37. The fraction of sp³-hybridized carbons (Fsp3) is 0.276. The molecule has 0 saturated carbocycles. The van der Waals surface area contributed by atoms with E-state index < -0.39 is 0 Å². The molecule has 9 heteroatoms. The van der Waals surface area contributed by atoms with Crippen LogP contribution in [-0.2, 0) is 9.53 Å². The number of anilines is 6. The predicted molar refractivity (Wildman–Crippen MR) is 153 cm³/mol. The highest BCUT2D eigenvalue weighted by atomic mass is 16.5. The lowest BCUT2D eigenvalue weighted by Crippen LogP contribution is -2.44. The second-order valence-electron chi connectivity index (χ2n) is 9.37. The number of hydrogen-bond acceptors (Lipinski definition) is 8. The van der Waals surface area contributed by atoms with Gasteiger partial charge in [0.15, 0.2) is 0 Å². The van der Waals surface area contributed by atoms with Crippen LogP contribution in [0.3, 0.4) is 0 Å². The third-order valence-corrected chi connectivity index (χ3v) is 6.67. The minimum absolute atomic E-state index is 0.262. The lowest BCUT2D eigenvalue weighted by Gasteiger charge is -2.34. The number of nitrogens with one attached hydrogen (secondary N) is 3. The van der Waals surface area contributed by atoms with Crippen molar-refractivity contribution in [1.82, 2.24) is 14.9 Å². The van der Waals surface area contributed by atoms with Gasteiger partial charge in [-0.25, -0.2) is 4.98 Å². The van der Waals surface area contributed by atoms with Crippen LogP contribution in [0.2, 0.25) is 0 Å². The van der Waals surface area contributed by atoms with Crippen LogP contribution < -0.4 is 20.9 Å². The highest BCUT2D eigenvalue weighted by Crippen LogP contribution is 2.31. The van der Waals surface area contributed by atoms with Crippen molar-refractivity contribution in [2.45, 2.75) is 6.42 Å². The van der Waals surface area contributed by atoms with Crippen LogP contribution in [0.5, 0.6) is 0 Å². The molecule has 2 aliphatic rings. The quantitative estimate of drug-likeness (QED) is 0.377. The molecule has 1 fully saturated rings. The standard InChI is InChI=1S/C29H33N7O2/c1-3-27(37)31-23-5-4-6-24(19-23)32-28-26(21-11-17-38-18-12-21)20-30-29(34-28)33-22-7-9-25(10-8-22)36-15-13-35(2)14-16-36/h3-11,19-20H,1,12-18H2,2H3,(H,31,37)(H2,30,32,33,34). The minimum Gasteiger partial charge on any atom is -0.377 e. The maximum atomic E-state index is 11.8. The van der Waals surface area contributed by atoms with Gasteiger partial charge < -0.3 is 30.5 Å². The average molecular weight is 512 g/mol. The molecule has 1 amide bonds. The van der Waals surface area contributed by atoms with Gasteiger partial charge in [-0.3, -0.25) is 4.79 Å². The van der Waals surface area contributed by atoms with Crippen molar-refractivity contribution in [1.29, 1.82) is 0 Å². The SMILES string of the molecule is C=CC(=O)Nc1cccc(Nc2nc(Nc3ccc(N4CCN(C)CC4)cc3)ncc2C2=CCOCC2)c1. The molecule has 2 aromatic carbocycles. The van der Waals surface area contributed by atoms with Gasteiger partial charge in [-0.1, -0.05) is 18.7 Å². The zero-order chi connectivity index (χ0) is 26.3. The van der Waals surface area contributed by atoms with Crippen LogP contribution in [0.15, 0.2) is 73.5 Å². The average Bonchev–Trinajstić information content (AvgIpc) is 2.95. The molecule has 2 aliphatic heterocycles. The molecule has 3 N–H and O–H groups in total. The van der Waals surface area contributed by atoms with Crippen molar-refractivity contribution in [3.63, 3.8) is 0 Å². The van der Waals surface area contributed by atoms with E-state index in [9.17, 15) is 4.79 Å². The molecule has 0 bridgehead atoms. The Hall–Kier alpha value is -4.21. The number of hydrogen-bond donors (Lipinski definition) is 3. The number of amides is 1. The van der Waals surface area contributed by atoms with Crippen molar-refractivity contribution in [3.8, 4) is 0 Å². The summed E-state index contributed by atoms with van der Waals surface area (Å²) in [5, 5.41) is 9.56. The Morgan fingerprint density at radius 1 is 1.03 bits per heavy atom. The van der Waals surface area contributed by atoms with Gasteiger partial charge in [-0.05, 0) is 67.6 Å². The van der Waals surface area contributed by atoms with Gasteiger partial charge >= 0.3 is 0 Å². The molecule has 9 nitrogen and oxygen atoms in total. The number of aromatic nitrogens is 2. The first-order valence-electron chi connectivity index (χ1n) is 12.8. The number of piperazine rings is 1. The number of benzene rings is 2. The summed E-state index contributed by atoms with van der Waals surface area (Å²) in [7, 11) is 2.16. The molecule has 1 aromatic heterocycles. The summed E-state index contributed by atoms with van der Waals surface area (Å²) in [4.78, 5) is 26.0. The fourth-order valence-electron chi connectivity index (χ4n) is 4.50. The lowest BCUT2D eigenvalue weighted by molar-refractivity contribution is -0.111. The topological polar surface area (TPSA) is 94.6 Å². The van der Waals surface area contributed by atoms with E-state index in [-0.39, 0.29) is 5.91 Å². The maximum absolute atomic E-state index is 11.8. The highest BCUT2D eigenvalue weighted by Gasteiger charge is 2.16. The van der Waals surface area contributed by atoms with Crippen LogP contribution in [-0.4, -0.2) is 67.2 Å². The molecule has 3 aromatic rings. The van der Waals surface area contributed by atoms with E-state index in [1.807, 2.05) is 30.5 Å². The third-order valence-electron chi connectivity index (χ3n) is 6.67. The van der Waals surface area contributed by atoms with Gasteiger partial charge in [0.25, 0.3) is 0 Å². The Bertz CT molecular complexity index is 1310. The van der Waals surface area contributed by atoms with Gasteiger partial charge in [0.1, 0.15) is 5.82 Å². The van der Waals surface area contributed by atoms with Crippen molar-refractivity contribution >= 4 is 46.0 Å². The van der Waals surface area contributed by atoms with Crippen molar-refractivity contribution < 1.29 is 9.53 Å². The van der Waals surface area contributed by atoms with E-state index in [2.05, 4.69) is 74.7 Å². The Morgan fingerprint density at radius 2 is 1.82 bits per heavy atom. The molecule has 0 spiro atoms. The van der Waals surface area contributed by atoms with Gasteiger partial charge in [-0.2, -0.15) is 4.98 Å². The second-order valence-corrected chi connectivity index (χ2v) is 9.37. The first-order valence-corrected chi connectivity index (χ1v) is 12.8. The normalized spacial score (nSPS) is 15.9. The molecule has 0 aliphatic carbocycles. The largest absolute Gasteiger partial charge is 0.377 e. The van der Waals surface area contributed by atoms with Crippen LogP contribution in [0, 0.1) is 0 Å². The van der Waals surface area contributed by atoms with E-state index in [0.717, 1.165) is 55.1 Å². The van der Waals surface area contributed by atoms with E-state index in [1.165, 1.54) is 11.8 Å². The summed E-state index contributed by atoms with van der Waals surface area (Å²) < 4.78 is 5.50. The number of carbonyl (C=O) groups excluding carboxylic acids is 1. The van der Waals surface area contributed by atoms with Crippen molar-refractivity contribution in [2.24, 2.45) is 0 Å². The summed E-state index contributed by atoms with van der Waals surface area (Å²) in [5.41, 5.74) is 5.66. The smallest absolute Gasteiger partial charge is 0.247 e. The van der Waals surface area contributed by atoms with Gasteiger partial charge in [0.2, 0.25) is 11.9 Å². The van der Waals surface area contributed by atoms with Crippen LogP contribution in [0.4, 0.5) is 34.5 Å². The highest BCUT2D eigenvalue weighted by molar-refractivity contribution is 5.99. The second kappa shape index (κ2) is 11.9. The summed E-state index contributed by atoms with van der Waals surface area (Å²) >= 11 is 0. The fourth-order valence-corrected chi connectivity index (χ4v) is 4.50. The first-order chi connectivity index (χ1) is 18.6. The Kier molecular flexibility index (Phi) is 7.96. The molecule has 0 unspecified atom stereocenters. The molecular formula is C29H33N7O2. The van der Waals surface area contributed by atoms with Crippen LogP contribution >= 0.6 is 0 Å². The van der Waals surface area contributed by atoms with Gasteiger partial charge in [0, 0.05) is 60.7 Å². The monoisotopic (exact) mass is 511 g/mol. The van der Waals surface area contributed by atoms with Gasteiger partial charge in [0.05, 0.1) is 13.2 Å². The molecular weight excluding hydrogens is 478 g/mol. The Balaban J connectivity index is 1.37. The number of nitrogens with zero attached hydrogens (tertiary/aromatic N) is 4.